The third-order valence-corrected chi connectivity index (χ3v) is 1.77. The van der Waals surface area contributed by atoms with Crippen LogP contribution in [-0.4, -0.2) is 19.4 Å². The van der Waals surface area contributed by atoms with Crippen molar-refractivity contribution < 1.29 is 14.3 Å². The number of aldehydes is 1. The van der Waals surface area contributed by atoms with Gasteiger partial charge in [-0.1, -0.05) is 20.8 Å². The van der Waals surface area contributed by atoms with E-state index in [0.29, 0.717) is 6.42 Å². The average molecular weight is 186 g/mol. The number of carbonyl (C=O) groups is 2. The summed E-state index contributed by atoms with van der Waals surface area (Å²) >= 11 is 0. The number of rotatable bonds is 4. The molecule has 0 saturated carbocycles. The summed E-state index contributed by atoms with van der Waals surface area (Å²) in [4.78, 5) is 21.5. The maximum absolute atomic E-state index is 11.2. The largest absolute Gasteiger partial charge is 0.469 e. The highest BCUT2D eigenvalue weighted by molar-refractivity contribution is 5.75. The van der Waals surface area contributed by atoms with Crippen LogP contribution in [0, 0.1) is 11.3 Å². The molecule has 0 aromatic rings. The Balaban J connectivity index is 4.25. The number of ether oxygens (including phenoxy) is 1. The molecule has 0 aliphatic heterocycles. The summed E-state index contributed by atoms with van der Waals surface area (Å²) in [6, 6.07) is 0. The highest BCUT2D eigenvalue weighted by Crippen LogP contribution is 2.26. The number of carbonyl (C=O) groups excluding carboxylic acids is 2. The molecule has 1 unspecified atom stereocenters. The van der Waals surface area contributed by atoms with E-state index in [2.05, 4.69) is 4.74 Å². The summed E-state index contributed by atoms with van der Waals surface area (Å²) in [5.41, 5.74) is 0.0435. The average Bonchev–Trinajstić information content (AvgIpc) is 2.00. The molecule has 0 aromatic carbocycles. The smallest absolute Gasteiger partial charge is 0.309 e. The second kappa shape index (κ2) is 5.00. The normalized spacial score (nSPS) is 13.5. The van der Waals surface area contributed by atoms with Crippen LogP contribution in [-0.2, 0) is 14.3 Å². The summed E-state index contributed by atoms with van der Waals surface area (Å²) < 4.78 is 4.61. The highest BCUT2D eigenvalue weighted by atomic mass is 16.5. The zero-order valence-electron chi connectivity index (χ0n) is 8.79. The molecule has 0 spiro atoms. The molecule has 0 N–H and O–H groups in total. The molecule has 0 saturated heterocycles. The van der Waals surface area contributed by atoms with Crippen LogP contribution >= 0.6 is 0 Å². The van der Waals surface area contributed by atoms with Gasteiger partial charge in [-0.2, -0.15) is 0 Å². The molecule has 0 aliphatic rings. The highest BCUT2D eigenvalue weighted by Gasteiger charge is 2.24. The lowest BCUT2D eigenvalue weighted by Crippen LogP contribution is -2.22. The number of methoxy groups -OCH3 is 1. The zero-order valence-corrected chi connectivity index (χ0v) is 8.79. The zero-order chi connectivity index (χ0) is 10.5. The summed E-state index contributed by atoms with van der Waals surface area (Å²) in [6.45, 7) is 6.11. The van der Waals surface area contributed by atoms with Crippen LogP contribution in [0.4, 0.5) is 0 Å². The summed E-state index contributed by atoms with van der Waals surface area (Å²) in [5, 5.41) is 0. The molecule has 0 amide bonds. The molecule has 13 heavy (non-hydrogen) atoms. The predicted molar refractivity (Wildman–Crippen MR) is 50.3 cm³/mol. The van der Waals surface area contributed by atoms with Crippen LogP contribution in [0.2, 0.25) is 0 Å². The number of esters is 1. The molecular weight excluding hydrogens is 168 g/mol. The molecule has 0 heterocycles. The van der Waals surface area contributed by atoms with Crippen molar-refractivity contribution in [2.45, 2.75) is 33.6 Å². The van der Waals surface area contributed by atoms with Gasteiger partial charge >= 0.3 is 5.97 Å². The lowest BCUT2D eigenvalue weighted by atomic mass is 9.83. The minimum Gasteiger partial charge on any atom is -0.469 e. The van der Waals surface area contributed by atoms with E-state index in [1.165, 1.54) is 7.11 Å². The maximum Gasteiger partial charge on any atom is 0.309 e. The van der Waals surface area contributed by atoms with Crippen molar-refractivity contribution in [3.05, 3.63) is 0 Å². The lowest BCUT2D eigenvalue weighted by Gasteiger charge is -2.22. The molecule has 0 radical (unpaired) electrons. The standard InChI is InChI=1S/C10H18O3/c1-10(2,3)7-8(5-6-11)9(12)13-4/h6,8H,5,7H2,1-4H3. The first-order valence-corrected chi connectivity index (χ1v) is 4.42. The molecule has 1 atom stereocenters. The van der Waals surface area contributed by atoms with Gasteiger partial charge in [-0.05, 0) is 11.8 Å². The fraction of sp³-hybridized carbons (Fsp3) is 0.800. The first-order chi connectivity index (χ1) is 5.90. The predicted octanol–water partition coefficient (Wildman–Crippen LogP) is 1.80. The third-order valence-electron chi connectivity index (χ3n) is 1.77. The fourth-order valence-electron chi connectivity index (χ4n) is 1.28. The minimum atomic E-state index is -0.290. The van der Waals surface area contributed by atoms with Gasteiger partial charge in [0.15, 0.2) is 0 Å². The second-order valence-electron chi connectivity index (χ2n) is 4.39. The Morgan fingerprint density at radius 2 is 2.00 bits per heavy atom. The Labute approximate surface area is 79.5 Å². The van der Waals surface area contributed by atoms with Crippen molar-refractivity contribution in [2.24, 2.45) is 11.3 Å². The van der Waals surface area contributed by atoms with Crippen molar-refractivity contribution in [1.29, 1.82) is 0 Å². The molecule has 0 bridgehead atoms. The van der Waals surface area contributed by atoms with Gasteiger partial charge in [0.25, 0.3) is 0 Å². The van der Waals surface area contributed by atoms with Gasteiger partial charge in [-0.15, -0.1) is 0 Å². The Morgan fingerprint density at radius 3 is 2.31 bits per heavy atom. The van der Waals surface area contributed by atoms with Gasteiger partial charge < -0.3 is 9.53 Å². The van der Waals surface area contributed by atoms with Crippen LogP contribution < -0.4 is 0 Å². The van der Waals surface area contributed by atoms with Gasteiger partial charge in [-0.3, -0.25) is 4.79 Å². The Morgan fingerprint density at radius 1 is 1.46 bits per heavy atom. The summed E-state index contributed by atoms with van der Waals surface area (Å²) in [7, 11) is 1.35. The SMILES string of the molecule is COC(=O)C(CC=O)CC(C)(C)C. The number of hydrogen-bond acceptors (Lipinski definition) is 3. The van der Waals surface area contributed by atoms with E-state index in [9.17, 15) is 9.59 Å². The van der Waals surface area contributed by atoms with Crippen LogP contribution in [0.5, 0.6) is 0 Å². The van der Waals surface area contributed by atoms with E-state index in [0.717, 1.165) is 6.29 Å². The molecule has 0 aliphatic carbocycles. The van der Waals surface area contributed by atoms with Crippen molar-refractivity contribution in [3.8, 4) is 0 Å². The van der Waals surface area contributed by atoms with E-state index in [1.807, 2.05) is 20.8 Å². The van der Waals surface area contributed by atoms with Crippen molar-refractivity contribution in [2.75, 3.05) is 7.11 Å². The van der Waals surface area contributed by atoms with Crippen molar-refractivity contribution in [3.63, 3.8) is 0 Å². The fourth-order valence-corrected chi connectivity index (χ4v) is 1.28. The second-order valence-corrected chi connectivity index (χ2v) is 4.39. The molecule has 3 nitrogen and oxygen atoms in total. The van der Waals surface area contributed by atoms with Crippen LogP contribution in [0.3, 0.4) is 0 Å². The molecule has 0 aromatic heterocycles. The Kier molecular flexibility index (Phi) is 4.67. The van der Waals surface area contributed by atoms with E-state index < -0.39 is 0 Å². The van der Waals surface area contributed by atoms with E-state index in [4.69, 9.17) is 0 Å². The van der Waals surface area contributed by atoms with Crippen LogP contribution in [0.15, 0.2) is 0 Å². The minimum absolute atomic E-state index is 0.0435. The molecular formula is C10H18O3. The third kappa shape index (κ3) is 5.39. The van der Waals surface area contributed by atoms with E-state index in [-0.39, 0.29) is 23.7 Å². The first-order valence-electron chi connectivity index (χ1n) is 4.42. The van der Waals surface area contributed by atoms with E-state index in [1.54, 1.807) is 0 Å². The lowest BCUT2D eigenvalue weighted by molar-refractivity contribution is -0.147. The Bertz CT molecular complexity index is 179. The monoisotopic (exact) mass is 186 g/mol. The quantitative estimate of drug-likeness (QED) is 0.496. The first kappa shape index (κ1) is 12.1. The maximum atomic E-state index is 11.2. The van der Waals surface area contributed by atoms with Crippen LogP contribution in [0.1, 0.15) is 33.6 Å². The molecule has 3 heteroatoms. The van der Waals surface area contributed by atoms with Crippen LogP contribution in [0.25, 0.3) is 0 Å². The van der Waals surface area contributed by atoms with Gasteiger partial charge in [-0.25, -0.2) is 0 Å². The number of hydrogen-bond donors (Lipinski definition) is 0. The van der Waals surface area contributed by atoms with Gasteiger partial charge in [0.1, 0.15) is 6.29 Å². The van der Waals surface area contributed by atoms with Crippen molar-refractivity contribution >= 4 is 12.3 Å². The molecule has 76 valence electrons. The van der Waals surface area contributed by atoms with Crippen molar-refractivity contribution in [1.82, 2.24) is 0 Å². The summed E-state index contributed by atoms with van der Waals surface area (Å²) in [5.74, 6) is -0.579. The summed E-state index contributed by atoms with van der Waals surface area (Å²) in [6.07, 6.45) is 1.70. The van der Waals surface area contributed by atoms with E-state index >= 15 is 0 Å². The van der Waals surface area contributed by atoms with Gasteiger partial charge in [0.05, 0.1) is 13.0 Å². The Hall–Kier alpha value is -0.860. The van der Waals surface area contributed by atoms with Gasteiger partial charge in [0, 0.05) is 6.42 Å². The molecule has 0 rings (SSSR count). The molecule has 0 fully saturated rings. The van der Waals surface area contributed by atoms with Gasteiger partial charge in [0.2, 0.25) is 0 Å². The topological polar surface area (TPSA) is 43.4 Å².